The van der Waals surface area contributed by atoms with Gasteiger partial charge in [0.05, 0.1) is 12.2 Å². The zero-order valence-corrected chi connectivity index (χ0v) is 10.9. The SMILES string of the molecule is CN(C)S(=O)(=O)N1CC(C(=O)O)c2ccccc21. The fraction of sp³-hybridized carbons (Fsp3) is 0.364. The highest BCUT2D eigenvalue weighted by atomic mass is 32.2. The Labute approximate surface area is 106 Å². The van der Waals surface area contributed by atoms with E-state index in [0.29, 0.717) is 11.3 Å². The van der Waals surface area contributed by atoms with Crippen LogP contribution in [-0.4, -0.2) is 44.4 Å². The molecule has 1 N–H and O–H groups in total. The number of rotatable bonds is 3. The largest absolute Gasteiger partial charge is 0.481 e. The highest BCUT2D eigenvalue weighted by molar-refractivity contribution is 7.90. The van der Waals surface area contributed by atoms with Gasteiger partial charge in [0.25, 0.3) is 0 Å². The summed E-state index contributed by atoms with van der Waals surface area (Å²) >= 11 is 0. The lowest BCUT2D eigenvalue weighted by Gasteiger charge is -2.23. The smallest absolute Gasteiger partial charge is 0.312 e. The predicted molar refractivity (Wildman–Crippen MR) is 66.8 cm³/mol. The van der Waals surface area contributed by atoms with Gasteiger partial charge in [-0.15, -0.1) is 0 Å². The molecule has 7 heteroatoms. The topological polar surface area (TPSA) is 77.9 Å². The molecule has 0 bridgehead atoms. The second kappa shape index (κ2) is 4.25. The monoisotopic (exact) mass is 270 g/mol. The quantitative estimate of drug-likeness (QED) is 0.866. The van der Waals surface area contributed by atoms with E-state index in [1.165, 1.54) is 14.1 Å². The Bertz CT molecular complexity index is 582. The zero-order valence-electron chi connectivity index (χ0n) is 10.1. The Morgan fingerprint density at radius 1 is 1.39 bits per heavy atom. The van der Waals surface area contributed by atoms with Gasteiger partial charge in [0.15, 0.2) is 0 Å². The molecule has 0 aliphatic carbocycles. The molecule has 1 aromatic rings. The molecule has 98 valence electrons. The number of carboxylic acid groups (broad SMARTS) is 1. The van der Waals surface area contributed by atoms with Gasteiger partial charge < -0.3 is 5.11 Å². The third-order valence-electron chi connectivity index (χ3n) is 2.97. The van der Waals surface area contributed by atoms with Crippen LogP contribution in [0.2, 0.25) is 0 Å². The second-order valence-corrected chi connectivity index (χ2v) is 6.34. The van der Waals surface area contributed by atoms with Gasteiger partial charge in [0.2, 0.25) is 0 Å². The van der Waals surface area contributed by atoms with Crippen LogP contribution in [0.1, 0.15) is 11.5 Å². The summed E-state index contributed by atoms with van der Waals surface area (Å²) in [5.41, 5.74) is 0.981. The molecule has 0 aromatic heterocycles. The number of carboxylic acids is 1. The van der Waals surface area contributed by atoms with E-state index in [1.807, 2.05) is 0 Å². The Morgan fingerprint density at radius 3 is 2.56 bits per heavy atom. The first kappa shape index (κ1) is 12.8. The molecule has 18 heavy (non-hydrogen) atoms. The molecule has 0 saturated heterocycles. The number of aliphatic carboxylic acids is 1. The van der Waals surface area contributed by atoms with Crippen molar-refractivity contribution in [3.8, 4) is 0 Å². The number of hydrogen-bond donors (Lipinski definition) is 1. The van der Waals surface area contributed by atoms with Crippen molar-refractivity contribution in [2.24, 2.45) is 0 Å². The van der Waals surface area contributed by atoms with E-state index >= 15 is 0 Å². The Morgan fingerprint density at radius 2 is 2.00 bits per heavy atom. The third kappa shape index (κ3) is 1.85. The second-order valence-electron chi connectivity index (χ2n) is 4.27. The van der Waals surface area contributed by atoms with Crippen molar-refractivity contribution < 1.29 is 18.3 Å². The maximum atomic E-state index is 12.1. The number of para-hydroxylation sites is 1. The standard InChI is InChI=1S/C11H14N2O4S/c1-12(2)18(16,17)13-7-9(11(14)15)8-5-3-4-6-10(8)13/h3-6,9H,7H2,1-2H3,(H,14,15). The van der Waals surface area contributed by atoms with E-state index in [0.717, 1.165) is 8.61 Å². The molecule has 2 rings (SSSR count). The van der Waals surface area contributed by atoms with Gasteiger partial charge in [-0.3, -0.25) is 9.10 Å². The van der Waals surface area contributed by atoms with Crippen LogP contribution >= 0.6 is 0 Å². The van der Waals surface area contributed by atoms with Gasteiger partial charge >= 0.3 is 16.2 Å². The molecule has 0 radical (unpaired) electrons. The number of hydrogen-bond acceptors (Lipinski definition) is 3. The summed E-state index contributed by atoms with van der Waals surface area (Å²) in [6, 6.07) is 6.68. The van der Waals surface area contributed by atoms with E-state index < -0.39 is 22.1 Å². The van der Waals surface area contributed by atoms with Crippen molar-refractivity contribution in [1.29, 1.82) is 0 Å². The van der Waals surface area contributed by atoms with Crippen molar-refractivity contribution >= 4 is 21.9 Å². The first-order valence-corrected chi connectivity index (χ1v) is 6.77. The first-order chi connectivity index (χ1) is 8.35. The Balaban J connectivity index is 2.53. The summed E-state index contributed by atoms with van der Waals surface area (Å²) in [7, 11) is -0.808. The normalized spacial score (nSPS) is 19.1. The minimum absolute atomic E-state index is 0.0603. The fourth-order valence-corrected chi connectivity index (χ4v) is 3.15. The molecule has 1 aliphatic heterocycles. The molecule has 6 nitrogen and oxygen atoms in total. The third-order valence-corrected chi connectivity index (χ3v) is 4.79. The van der Waals surface area contributed by atoms with E-state index in [2.05, 4.69) is 0 Å². The lowest BCUT2D eigenvalue weighted by Crippen LogP contribution is -2.40. The molecular formula is C11H14N2O4S. The minimum atomic E-state index is -3.65. The van der Waals surface area contributed by atoms with Crippen molar-refractivity contribution in [3.05, 3.63) is 29.8 Å². The molecular weight excluding hydrogens is 256 g/mol. The van der Waals surface area contributed by atoms with Crippen LogP contribution < -0.4 is 4.31 Å². The Kier molecular flexibility index (Phi) is 3.04. The fourth-order valence-electron chi connectivity index (χ4n) is 2.00. The molecule has 1 aromatic carbocycles. The zero-order chi connectivity index (χ0) is 13.5. The lowest BCUT2D eigenvalue weighted by molar-refractivity contribution is -0.138. The predicted octanol–water partition coefficient (Wildman–Crippen LogP) is 0.481. The summed E-state index contributed by atoms with van der Waals surface area (Å²) < 4.78 is 26.5. The highest BCUT2D eigenvalue weighted by Crippen LogP contribution is 2.38. The van der Waals surface area contributed by atoms with Crippen LogP contribution in [0.25, 0.3) is 0 Å². The van der Waals surface area contributed by atoms with Gasteiger partial charge in [0, 0.05) is 14.1 Å². The summed E-state index contributed by atoms with van der Waals surface area (Å²) in [4.78, 5) is 11.2. The maximum absolute atomic E-state index is 12.1. The molecule has 1 aliphatic rings. The lowest BCUT2D eigenvalue weighted by atomic mass is 10.0. The summed E-state index contributed by atoms with van der Waals surface area (Å²) in [6.07, 6.45) is 0. The number of carbonyl (C=O) groups is 1. The minimum Gasteiger partial charge on any atom is -0.481 e. The van der Waals surface area contributed by atoms with Crippen molar-refractivity contribution in [1.82, 2.24) is 4.31 Å². The number of nitrogens with zero attached hydrogens (tertiary/aromatic N) is 2. The summed E-state index contributed by atoms with van der Waals surface area (Å²) in [5.74, 6) is -1.82. The van der Waals surface area contributed by atoms with Crippen LogP contribution in [0, 0.1) is 0 Å². The molecule has 0 spiro atoms. The van der Waals surface area contributed by atoms with Gasteiger partial charge in [-0.05, 0) is 11.6 Å². The Hall–Kier alpha value is -1.60. The van der Waals surface area contributed by atoms with Gasteiger partial charge in [0.1, 0.15) is 5.92 Å². The van der Waals surface area contributed by atoms with Crippen LogP contribution in [0.5, 0.6) is 0 Å². The van der Waals surface area contributed by atoms with Crippen LogP contribution in [0.15, 0.2) is 24.3 Å². The van der Waals surface area contributed by atoms with E-state index in [-0.39, 0.29) is 6.54 Å². The van der Waals surface area contributed by atoms with Crippen molar-refractivity contribution in [3.63, 3.8) is 0 Å². The van der Waals surface area contributed by atoms with Gasteiger partial charge in [-0.2, -0.15) is 12.7 Å². The van der Waals surface area contributed by atoms with Crippen LogP contribution in [0.3, 0.4) is 0 Å². The molecule has 0 amide bonds. The molecule has 0 saturated carbocycles. The van der Waals surface area contributed by atoms with Gasteiger partial charge in [-0.25, -0.2) is 0 Å². The molecule has 0 fully saturated rings. The average Bonchev–Trinajstić information content (AvgIpc) is 2.68. The van der Waals surface area contributed by atoms with E-state index in [1.54, 1.807) is 24.3 Å². The highest BCUT2D eigenvalue weighted by Gasteiger charge is 2.39. The number of fused-ring (bicyclic) bond motifs is 1. The number of anilines is 1. The van der Waals surface area contributed by atoms with Crippen molar-refractivity contribution in [2.45, 2.75) is 5.92 Å². The molecule has 1 heterocycles. The summed E-state index contributed by atoms with van der Waals surface area (Å²) in [5, 5.41) is 9.15. The number of benzene rings is 1. The summed E-state index contributed by atoms with van der Waals surface area (Å²) in [6.45, 7) is -0.0603. The molecule has 1 unspecified atom stereocenters. The van der Waals surface area contributed by atoms with Crippen LogP contribution in [-0.2, 0) is 15.0 Å². The van der Waals surface area contributed by atoms with Crippen LogP contribution in [0.4, 0.5) is 5.69 Å². The first-order valence-electron chi connectivity index (χ1n) is 5.37. The average molecular weight is 270 g/mol. The van der Waals surface area contributed by atoms with E-state index in [9.17, 15) is 13.2 Å². The van der Waals surface area contributed by atoms with E-state index in [4.69, 9.17) is 5.11 Å². The molecule has 1 atom stereocenters. The van der Waals surface area contributed by atoms with Gasteiger partial charge in [-0.1, -0.05) is 18.2 Å². The van der Waals surface area contributed by atoms with Crippen molar-refractivity contribution in [2.75, 3.05) is 24.9 Å². The maximum Gasteiger partial charge on any atom is 0.312 e.